The molecule has 0 bridgehead atoms. The summed E-state index contributed by atoms with van der Waals surface area (Å²) >= 11 is 12.7. The van der Waals surface area contributed by atoms with Crippen molar-refractivity contribution in [1.29, 1.82) is 0 Å². The Morgan fingerprint density at radius 2 is 1.45 bits per heavy atom. The van der Waals surface area contributed by atoms with Crippen molar-refractivity contribution >= 4 is 35.0 Å². The van der Waals surface area contributed by atoms with Gasteiger partial charge in [-0.25, -0.2) is 0 Å². The quantitative estimate of drug-likeness (QED) is 0.292. The summed E-state index contributed by atoms with van der Waals surface area (Å²) in [5, 5.41) is 1.11. The molecule has 0 saturated carbocycles. The zero-order chi connectivity index (χ0) is 26.8. The Bertz CT molecular complexity index is 1490. The van der Waals surface area contributed by atoms with Crippen molar-refractivity contribution in [3.8, 4) is 22.7 Å². The maximum absolute atomic E-state index is 13.8. The standard InChI is InChI=1S/C30H27Cl2N3O3/c1-20-25(30(37)34-16-14-33(15-17-34)29(36)22-6-5-7-23(31)18-22)19-28(21-10-12-24(38-2)13-11-21)35(20)27-9-4-3-8-26(27)32/h3-13,18-19H,14-17H2,1-2H3. The van der Waals surface area contributed by atoms with E-state index in [2.05, 4.69) is 0 Å². The van der Waals surface area contributed by atoms with Crippen LogP contribution in [-0.2, 0) is 0 Å². The second kappa shape index (κ2) is 10.9. The first-order valence-electron chi connectivity index (χ1n) is 12.3. The number of hydrogen-bond acceptors (Lipinski definition) is 3. The van der Waals surface area contributed by atoms with Gasteiger partial charge in [0, 0.05) is 42.5 Å². The van der Waals surface area contributed by atoms with Gasteiger partial charge < -0.3 is 19.1 Å². The smallest absolute Gasteiger partial charge is 0.255 e. The van der Waals surface area contributed by atoms with Crippen LogP contribution < -0.4 is 4.74 Å². The van der Waals surface area contributed by atoms with Crippen molar-refractivity contribution in [3.63, 3.8) is 0 Å². The van der Waals surface area contributed by atoms with Crippen LogP contribution in [0.2, 0.25) is 10.0 Å². The summed E-state index contributed by atoms with van der Waals surface area (Å²) in [7, 11) is 1.63. The predicted molar refractivity (Wildman–Crippen MR) is 151 cm³/mol. The fourth-order valence-electron chi connectivity index (χ4n) is 4.83. The molecule has 0 aliphatic carbocycles. The van der Waals surface area contributed by atoms with E-state index in [4.69, 9.17) is 27.9 Å². The first-order valence-corrected chi connectivity index (χ1v) is 13.1. The molecule has 1 saturated heterocycles. The molecule has 4 aromatic rings. The highest BCUT2D eigenvalue weighted by atomic mass is 35.5. The van der Waals surface area contributed by atoms with Gasteiger partial charge in [-0.05, 0) is 73.2 Å². The molecule has 0 radical (unpaired) electrons. The van der Waals surface area contributed by atoms with E-state index in [0.29, 0.717) is 47.4 Å². The second-order valence-corrected chi connectivity index (χ2v) is 9.98. The number of para-hydroxylation sites is 1. The second-order valence-electron chi connectivity index (χ2n) is 9.14. The summed E-state index contributed by atoms with van der Waals surface area (Å²) in [6, 6.07) is 24.2. The van der Waals surface area contributed by atoms with Crippen molar-refractivity contribution in [2.45, 2.75) is 6.92 Å². The van der Waals surface area contributed by atoms with Gasteiger partial charge in [-0.2, -0.15) is 0 Å². The first kappa shape index (κ1) is 25.9. The minimum absolute atomic E-state index is 0.0714. The number of piperazine rings is 1. The van der Waals surface area contributed by atoms with Crippen LogP contribution in [-0.4, -0.2) is 59.5 Å². The Morgan fingerprint density at radius 3 is 2.08 bits per heavy atom. The van der Waals surface area contributed by atoms with Gasteiger partial charge in [0.1, 0.15) is 5.75 Å². The first-order chi connectivity index (χ1) is 18.4. The molecule has 0 unspecified atom stereocenters. The van der Waals surface area contributed by atoms with E-state index >= 15 is 0 Å². The van der Waals surface area contributed by atoms with Crippen LogP contribution in [0.1, 0.15) is 26.4 Å². The zero-order valence-electron chi connectivity index (χ0n) is 21.2. The number of ether oxygens (including phenoxy) is 1. The fourth-order valence-corrected chi connectivity index (χ4v) is 5.24. The molecule has 2 heterocycles. The lowest BCUT2D eigenvalue weighted by molar-refractivity contribution is 0.0535. The van der Waals surface area contributed by atoms with Gasteiger partial charge in [0.15, 0.2) is 0 Å². The molecule has 8 heteroatoms. The highest BCUT2D eigenvalue weighted by Gasteiger charge is 2.29. The van der Waals surface area contributed by atoms with Gasteiger partial charge >= 0.3 is 0 Å². The average Bonchev–Trinajstić information content (AvgIpc) is 3.29. The number of aromatic nitrogens is 1. The molecule has 0 N–H and O–H groups in total. The van der Waals surface area contributed by atoms with Crippen LogP contribution in [0.5, 0.6) is 5.75 Å². The van der Waals surface area contributed by atoms with E-state index in [-0.39, 0.29) is 11.8 Å². The Kier molecular flexibility index (Phi) is 7.45. The molecule has 194 valence electrons. The van der Waals surface area contributed by atoms with Gasteiger partial charge in [0.25, 0.3) is 11.8 Å². The highest BCUT2D eigenvalue weighted by molar-refractivity contribution is 6.32. The van der Waals surface area contributed by atoms with E-state index in [1.165, 1.54) is 0 Å². The Morgan fingerprint density at radius 1 is 0.789 bits per heavy atom. The van der Waals surface area contributed by atoms with Crippen molar-refractivity contribution in [1.82, 2.24) is 14.4 Å². The fraction of sp³-hybridized carbons (Fsp3) is 0.200. The minimum atomic E-state index is -0.0811. The summed E-state index contributed by atoms with van der Waals surface area (Å²) in [5.74, 6) is 0.600. The number of benzene rings is 3. The van der Waals surface area contributed by atoms with Crippen molar-refractivity contribution < 1.29 is 14.3 Å². The number of carbonyl (C=O) groups is 2. The molecule has 6 nitrogen and oxygen atoms in total. The summed E-state index contributed by atoms with van der Waals surface area (Å²) in [5.41, 5.74) is 4.54. The van der Waals surface area contributed by atoms with Crippen LogP contribution >= 0.6 is 23.2 Å². The zero-order valence-corrected chi connectivity index (χ0v) is 22.7. The SMILES string of the molecule is COc1ccc(-c2cc(C(=O)N3CCN(C(=O)c4cccc(Cl)c4)CC3)c(C)n2-c2ccccc2Cl)cc1. The number of hydrogen-bond donors (Lipinski definition) is 0. The van der Waals surface area contributed by atoms with Crippen LogP contribution in [0.4, 0.5) is 0 Å². The normalized spacial score (nSPS) is 13.5. The Labute approximate surface area is 231 Å². The lowest BCUT2D eigenvalue weighted by atomic mass is 10.1. The molecule has 2 amide bonds. The maximum Gasteiger partial charge on any atom is 0.255 e. The van der Waals surface area contributed by atoms with Gasteiger partial charge in [-0.1, -0.05) is 41.4 Å². The predicted octanol–water partition coefficient (Wildman–Crippen LogP) is 6.37. The molecule has 1 aliphatic heterocycles. The molecule has 0 atom stereocenters. The minimum Gasteiger partial charge on any atom is -0.497 e. The van der Waals surface area contributed by atoms with Crippen LogP contribution in [0.25, 0.3) is 16.9 Å². The van der Waals surface area contributed by atoms with Crippen LogP contribution in [0.3, 0.4) is 0 Å². The number of nitrogens with zero attached hydrogens (tertiary/aromatic N) is 3. The molecular formula is C30H27Cl2N3O3. The summed E-state index contributed by atoms with van der Waals surface area (Å²) in [4.78, 5) is 30.3. The number of amides is 2. The van der Waals surface area contributed by atoms with E-state index in [1.807, 2.05) is 66.1 Å². The molecule has 5 rings (SSSR count). The van der Waals surface area contributed by atoms with Gasteiger partial charge in [-0.3, -0.25) is 9.59 Å². The molecule has 1 aliphatic rings. The molecule has 1 aromatic heterocycles. The van der Waals surface area contributed by atoms with Crippen LogP contribution in [0.15, 0.2) is 78.9 Å². The molecule has 38 heavy (non-hydrogen) atoms. The van der Waals surface area contributed by atoms with E-state index in [0.717, 1.165) is 28.4 Å². The third-order valence-corrected chi connectivity index (χ3v) is 7.44. The largest absolute Gasteiger partial charge is 0.497 e. The molecule has 0 spiro atoms. The van der Waals surface area contributed by atoms with Gasteiger partial charge in [-0.15, -0.1) is 0 Å². The number of rotatable bonds is 5. The van der Waals surface area contributed by atoms with Gasteiger partial charge in [0.05, 0.1) is 29.1 Å². The maximum atomic E-state index is 13.8. The average molecular weight is 548 g/mol. The van der Waals surface area contributed by atoms with Crippen molar-refractivity contribution in [2.75, 3.05) is 33.3 Å². The number of halogens is 2. The van der Waals surface area contributed by atoms with Crippen LogP contribution in [0, 0.1) is 6.92 Å². The number of carbonyl (C=O) groups excluding carboxylic acids is 2. The number of methoxy groups -OCH3 is 1. The third-order valence-electron chi connectivity index (χ3n) is 6.88. The molecular weight excluding hydrogens is 521 g/mol. The van der Waals surface area contributed by atoms with Crippen molar-refractivity contribution in [3.05, 3.63) is 106 Å². The Hall–Kier alpha value is -3.74. The summed E-state index contributed by atoms with van der Waals surface area (Å²) < 4.78 is 7.35. The molecule has 1 fully saturated rings. The van der Waals surface area contributed by atoms with Gasteiger partial charge in [0.2, 0.25) is 0 Å². The third kappa shape index (κ3) is 5.02. The lowest BCUT2D eigenvalue weighted by Gasteiger charge is -2.35. The topological polar surface area (TPSA) is 54.8 Å². The Balaban J connectivity index is 1.43. The summed E-state index contributed by atoms with van der Waals surface area (Å²) in [6.07, 6.45) is 0. The van der Waals surface area contributed by atoms with E-state index in [1.54, 1.807) is 41.2 Å². The lowest BCUT2D eigenvalue weighted by Crippen LogP contribution is -2.50. The molecule has 3 aromatic carbocycles. The van der Waals surface area contributed by atoms with E-state index < -0.39 is 0 Å². The van der Waals surface area contributed by atoms with Crippen molar-refractivity contribution in [2.24, 2.45) is 0 Å². The monoisotopic (exact) mass is 547 g/mol. The highest BCUT2D eigenvalue weighted by Crippen LogP contribution is 2.34. The summed E-state index contributed by atoms with van der Waals surface area (Å²) in [6.45, 7) is 3.72. The van der Waals surface area contributed by atoms with E-state index in [9.17, 15) is 9.59 Å².